The van der Waals surface area contributed by atoms with Gasteiger partial charge in [-0.15, -0.1) is 0 Å². The fourth-order valence-corrected chi connectivity index (χ4v) is 5.10. The van der Waals surface area contributed by atoms with Crippen LogP contribution in [0.5, 0.6) is 11.5 Å². The van der Waals surface area contributed by atoms with Gasteiger partial charge in [0, 0.05) is 28.6 Å². The summed E-state index contributed by atoms with van der Waals surface area (Å²) >= 11 is 3.34. The van der Waals surface area contributed by atoms with Crippen molar-refractivity contribution in [1.82, 2.24) is 10.6 Å². The molecule has 0 saturated heterocycles. The molecule has 3 aromatic carbocycles. The topological polar surface area (TPSA) is 178 Å². The van der Waals surface area contributed by atoms with Gasteiger partial charge in [-0.3, -0.25) is 19.7 Å². The number of carbonyl (C=O) groups excluding carboxylic acids is 4. The monoisotopic (exact) mass is 680 g/mol. The average molecular weight is 682 g/mol. The first-order valence-corrected chi connectivity index (χ1v) is 14.7. The Bertz CT molecular complexity index is 1570. The van der Waals surface area contributed by atoms with Crippen LogP contribution in [0.25, 0.3) is 0 Å². The maximum atomic E-state index is 13.5. The summed E-state index contributed by atoms with van der Waals surface area (Å²) in [5.41, 5.74) is 7.06. The van der Waals surface area contributed by atoms with E-state index in [4.69, 9.17) is 19.9 Å². The fourth-order valence-electron chi connectivity index (χ4n) is 4.67. The highest BCUT2D eigenvalue weighted by atomic mass is 79.9. The highest BCUT2D eigenvalue weighted by molar-refractivity contribution is 9.10. The van der Waals surface area contributed by atoms with Crippen molar-refractivity contribution in [2.24, 2.45) is 5.73 Å². The molecule has 4 rings (SSSR count). The van der Waals surface area contributed by atoms with Gasteiger partial charge in [0.15, 0.2) is 0 Å². The van der Waals surface area contributed by atoms with Crippen LogP contribution in [-0.2, 0) is 20.7 Å². The second-order valence-electron chi connectivity index (χ2n) is 10.1. The Morgan fingerprint density at radius 3 is 2.27 bits per heavy atom. The summed E-state index contributed by atoms with van der Waals surface area (Å²) < 4.78 is 16.4. The summed E-state index contributed by atoms with van der Waals surface area (Å²) in [7, 11) is 2.99. The zero-order valence-corrected chi connectivity index (χ0v) is 26.1. The van der Waals surface area contributed by atoms with Gasteiger partial charge in [-0.25, -0.2) is 4.79 Å². The van der Waals surface area contributed by atoms with Crippen LogP contribution in [0.3, 0.4) is 0 Å². The molecule has 0 spiro atoms. The molecule has 1 aliphatic rings. The number of hydrogen-bond acceptors (Lipinski definition) is 8. The zero-order valence-electron chi connectivity index (χ0n) is 24.5. The molecule has 4 amide bonds. The Morgan fingerprint density at radius 1 is 0.956 bits per heavy atom. The standard InChI is InChI=1S/C32H33BrN4O8/c1-43-21-10-8-18(9-11-21)14-26(29(34)39)37-30(40)19-15-25(36-31(41)23-17-22(44-2)12-13-24(23)33)28(38)27(16-19)45-32(42)35-20-6-4-3-5-7-20/h3-13,15,17,25-28,38H,14,16H2,1-2H3,(H2,34,39)(H,35,42)(H,36,41)(H,37,40). The predicted octanol–water partition coefficient (Wildman–Crippen LogP) is 3.09. The summed E-state index contributed by atoms with van der Waals surface area (Å²) in [6.07, 6.45) is -2.29. The third kappa shape index (κ3) is 8.83. The molecule has 0 aliphatic heterocycles. The molecule has 13 heteroatoms. The van der Waals surface area contributed by atoms with E-state index in [-0.39, 0.29) is 24.0 Å². The Labute approximate surface area is 268 Å². The molecule has 0 heterocycles. The van der Waals surface area contributed by atoms with Gasteiger partial charge < -0.3 is 35.7 Å². The Morgan fingerprint density at radius 2 is 1.62 bits per heavy atom. The number of nitrogens with two attached hydrogens (primary N) is 1. The predicted molar refractivity (Wildman–Crippen MR) is 169 cm³/mol. The van der Waals surface area contributed by atoms with Crippen LogP contribution in [-0.4, -0.2) is 67.4 Å². The third-order valence-electron chi connectivity index (χ3n) is 7.08. The SMILES string of the molecule is COc1ccc(CC(NC(=O)C2=CC(NC(=O)c3cc(OC)ccc3Br)C(O)C(OC(=O)Nc3ccccc3)C2)C(N)=O)cc1. The summed E-state index contributed by atoms with van der Waals surface area (Å²) in [6, 6.07) is 18.0. The van der Waals surface area contributed by atoms with E-state index in [9.17, 15) is 24.3 Å². The fraction of sp³-hybridized carbons (Fsp3) is 0.250. The number of methoxy groups -OCH3 is 2. The van der Waals surface area contributed by atoms with Gasteiger partial charge in [0.25, 0.3) is 5.91 Å². The van der Waals surface area contributed by atoms with Crippen LogP contribution < -0.4 is 31.2 Å². The first-order chi connectivity index (χ1) is 21.6. The van der Waals surface area contributed by atoms with Crippen molar-refractivity contribution in [3.05, 3.63) is 100 Å². The van der Waals surface area contributed by atoms with Crippen LogP contribution in [0.4, 0.5) is 10.5 Å². The molecule has 12 nitrogen and oxygen atoms in total. The number of hydrogen-bond donors (Lipinski definition) is 5. The van der Waals surface area contributed by atoms with Crippen LogP contribution in [0.15, 0.2) is 88.9 Å². The summed E-state index contributed by atoms with van der Waals surface area (Å²) in [4.78, 5) is 51.8. The van der Waals surface area contributed by atoms with Crippen LogP contribution in [0.2, 0.25) is 0 Å². The minimum Gasteiger partial charge on any atom is -0.497 e. The molecule has 6 N–H and O–H groups in total. The van der Waals surface area contributed by atoms with E-state index >= 15 is 0 Å². The molecule has 236 valence electrons. The Balaban J connectivity index is 1.56. The highest BCUT2D eigenvalue weighted by Gasteiger charge is 2.38. The quantitative estimate of drug-likeness (QED) is 0.205. The lowest BCUT2D eigenvalue weighted by molar-refractivity contribution is -0.125. The van der Waals surface area contributed by atoms with E-state index in [0.717, 1.165) is 5.56 Å². The molecule has 3 aromatic rings. The molecule has 0 saturated carbocycles. The number of rotatable bonds is 11. The van der Waals surface area contributed by atoms with Gasteiger partial charge in [-0.05, 0) is 64.0 Å². The molecule has 0 aromatic heterocycles. The van der Waals surface area contributed by atoms with Crippen molar-refractivity contribution < 1.29 is 38.5 Å². The van der Waals surface area contributed by atoms with E-state index in [1.807, 2.05) is 0 Å². The van der Waals surface area contributed by atoms with E-state index < -0.39 is 48.1 Å². The number of ether oxygens (including phenoxy) is 3. The second-order valence-corrected chi connectivity index (χ2v) is 11.0. The summed E-state index contributed by atoms with van der Waals surface area (Å²) in [5, 5.41) is 19.1. The van der Waals surface area contributed by atoms with Gasteiger partial charge in [0.05, 0.1) is 25.8 Å². The number of amides is 4. The van der Waals surface area contributed by atoms with Gasteiger partial charge in [-0.2, -0.15) is 0 Å². The van der Waals surface area contributed by atoms with Crippen LogP contribution in [0, 0.1) is 0 Å². The Kier molecular flexibility index (Phi) is 11.2. The minimum atomic E-state index is -1.43. The molecule has 1 aliphatic carbocycles. The minimum absolute atomic E-state index is 0.0637. The zero-order chi connectivity index (χ0) is 32.5. The maximum absolute atomic E-state index is 13.5. The van der Waals surface area contributed by atoms with Gasteiger partial charge >= 0.3 is 6.09 Å². The molecular weight excluding hydrogens is 648 g/mol. The molecule has 4 atom stereocenters. The Hall–Kier alpha value is -4.88. The van der Waals surface area contributed by atoms with Gasteiger partial charge in [0.2, 0.25) is 11.8 Å². The molecule has 45 heavy (non-hydrogen) atoms. The number of carbonyl (C=O) groups is 4. The lowest BCUT2D eigenvalue weighted by Gasteiger charge is -2.34. The largest absolute Gasteiger partial charge is 0.497 e. The number of halogens is 1. The van der Waals surface area contributed by atoms with Crippen molar-refractivity contribution in [1.29, 1.82) is 0 Å². The number of benzene rings is 3. The number of nitrogens with one attached hydrogen (secondary N) is 3. The number of aliphatic hydroxyl groups excluding tert-OH is 1. The van der Waals surface area contributed by atoms with E-state index in [1.165, 1.54) is 26.4 Å². The molecule has 0 fully saturated rings. The number of primary amides is 1. The second kappa shape index (κ2) is 15.2. The average Bonchev–Trinajstić information content (AvgIpc) is 3.03. The third-order valence-corrected chi connectivity index (χ3v) is 7.78. The van der Waals surface area contributed by atoms with Crippen LogP contribution >= 0.6 is 15.9 Å². The van der Waals surface area contributed by atoms with Crippen LogP contribution in [0.1, 0.15) is 22.3 Å². The van der Waals surface area contributed by atoms with Crippen molar-refractivity contribution in [2.45, 2.75) is 37.1 Å². The van der Waals surface area contributed by atoms with Gasteiger partial charge in [-0.1, -0.05) is 36.4 Å². The van der Waals surface area contributed by atoms with Crippen molar-refractivity contribution in [2.75, 3.05) is 19.5 Å². The molecular formula is C32H33BrN4O8. The van der Waals surface area contributed by atoms with E-state index in [1.54, 1.807) is 66.7 Å². The first kappa shape index (κ1) is 33.0. The van der Waals surface area contributed by atoms with E-state index in [0.29, 0.717) is 21.7 Å². The number of para-hydroxylation sites is 1. The lowest BCUT2D eigenvalue weighted by Crippen LogP contribution is -2.53. The van der Waals surface area contributed by atoms with Crippen molar-refractivity contribution in [3.63, 3.8) is 0 Å². The first-order valence-electron chi connectivity index (χ1n) is 13.9. The lowest BCUT2D eigenvalue weighted by atomic mass is 9.89. The summed E-state index contributed by atoms with van der Waals surface area (Å²) in [5.74, 6) is -0.988. The van der Waals surface area contributed by atoms with Crippen molar-refractivity contribution >= 4 is 45.4 Å². The maximum Gasteiger partial charge on any atom is 0.411 e. The van der Waals surface area contributed by atoms with Gasteiger partial charge in [0.1, 0.15) is 29.7 Å². The van der Waals surface area contributed by atoms with E-state index in [2.05, 4.69) is 31.9 Å². The molecule has 0 bridgehead atoms. The smallest absolute Gasteiger partial charge is 0.411 e. The number of anilines is 1. The molecule has 4 unspecified atom stereocenters. The van der Waals surface area contributed by atoms with Crippen molar-refractivity contribution in [3.8, 4) is 11.5 Å². The number of aliphatic hydroxyl groups is 1. The summed E-state index contributed by atoms with van der Waals surface area (Å²) in [6.45, 7) is 0. The molecule has 0 radical (unpaired) electrons. The highest BCUT2D eigenvalue weighted by Crippen LogP contribution is 2.26. The normalized spacial score (nSPS) is 18.0.